The number of hydrogen-bond donors (Lipinski definition) is 1. The number of nitrogens with zero attached hydrogens (tertiary/aromatic N) is 2. The number of morpholine rings is 1. The molecule has 2 aliphatic heterocycles. The van der Waals surface area contributed by atoms with Crippen LogP contribution >= 0.6 is 15.9 Å². The highest BCUT2D eigenvalue weighted by molar-refractivity contribution is 9.10. The Labute approximate surface area is 127 Å². The second kappa shape index (κ2) is 6.11. The van der Waals surface area contributed by atoms with Crippen LogP contribution in [0.4, 0.5) is 5.69 Å². The average molecular weight is 340 g/mol. The molecule has 0 bridgehead atoms. The van der Waals surface area contributed by atoms with Gasteiger partial charge in [-0.15, -0.1) is 0 Å². The second-order valence-corrected chi connectivity index (χ2v) is 5.96. The van der Waals surface area contributed by atoms with Crippen molar-refractivity contribution in [1.29, 1.82) is 0 Å². The highest BCUT2D eigenvalue weighted by Crippen LogP contribution is 2.25. The summed E-state index contributed by atoms with van der Waals surface area (Å²) in [5.74, 6) is 0.111. The highest BCUT2D eigenvalue weighted by atomic mass is 79.9. The molecular formula is C14H18BrN3O2. The third-order valence-electron chi connectivity index (χ3n) is 3.75. The van der Waals surface area contributed by atoms with Crippen molar-refractivity contribution in [2.45, 2.75) is 0 Å². The molecule has 1 saturated heterocycles. The maximum absolute atomic E-state index is 12.4. The van der Waals surface area contributed by atoms with Gasteiger partial charge >= 0.3 is 0 Å². The van der Waals surface area contributed by atoms with Crippen molar-refractivity contribution in [3.05, 3.63) is 28.2 Å². The Hall–Kier alpha value is -1.11. The Morgan fingerprint density at radius 1 is 1.25 bits per heavy atom. The van der Waals surface area contributed by atoms with Crippen LogP contribution in [0, 0.1) is 0 Å². The molecule has 2 heterocycles. The monoisotopic (exact) mass is 339 g/mol. The topological polar surface area (TPSA) is 44.8 Å². The molecule has 1 aromatic rings. The van der Waals surface area contributed by atoms with Gasteiger partial charge in [-0.2, -0.15) is 0 Å². The first kappa shape index (κ1) is 13.9. The van der Waals surface area contributed by atoms with Crippen molar-refractivity contribution in [2.24, 2.45) is 0 Å². The molecule has 1 aromatic carbocycles. The maximum atomic E-state index is 12.4. The van der Waals surface area contributed by atoms with Crippen molar-refractivity contribution in [3.8, 4) is 0 Å². The zero-order valence-corrected chi connectivity index (χ0v) is 12.9. The van der Waals surface area contributed by atoms with E-state index in [0.29, 0.717) is 6.67 Å². The van der Waals surface area contributed by atoms with Crippen LogP contribution in [0.3, 0.4) is 0 Å². The van der Waals surface area contributed by atoms with E-state index < -0.39 is 0 Å². The van der Waals surface area contributed by atoms with Gasteiger partial charge in [-0.25, -0.2) is 0 Å². The fraction of sp³-hybridized carbons (Fsp3) is 0.500. The van der Waals surface area contributed by atoms with E-state index in [-0.39, 0.29) is 5.91 Å². The van der Waals surface area contributed by atoms with E-state index >= 15 is 0 Å². The Morgan fingerprint density at radius 2 is 2.05 bits per heavy atom. The number of halogens is 1. The number of anilines is 1. The molecule has 0 aliphatic carbocycles. The number of carbonyl (C=O) groups is 1. The molecular weight excluding hydrogens is 322 g/mol. The Balaban J connectivity index is 1.61. The molecule has 0 unspecified atom stereocenters. The summed E-state index contributed by atoms with van der Waals surface area (Å²) in [6, 6.07) is 5.73. The molecule has 6 heteroatoms. The van der Waals surface area contributed by atoms with Crippen LogP contribution < -0.4 is 5.32 Å². The zero-order chi connectivity index (χ0) is 13.9. The fourth-order valence-corrected chi connectivity index (χ4v) is 2.90. The van der Waals surface area contributed by atoms with E-state index in [1.807, 2.05) is 23.1 Å². The molecule has 2 aliphatic rings. The Morgan fingerprint density at radius 3 is 2.85 bits per heavy atom. The van der Waals surface area contributed by atoms with Gasteiger partial charge in [0.25, 0.3) is 5.91 Å². The summed E-state index contributed by atoms with van der Waals surface area (Å²) in [7, 11) is 0. The first-order chi connectivity index (χ1) is 9.74. The molecule has 1 N–H and O–H groups in total. The number of hydrogen-bond acceptors (Lipinski definition) is 4. The molecule has 0 radical (unpaired) electrons. The number of benzene rings is 1. The number of rotatable bonds is 3. The number of ether oxygens (including phenoxy) is 1. The largest absolute Gasteiger partial charge is 0.379 e. The van der Waals surface area contributed by atoms with E-state index in [1.54, 1.807) is 0 Å². The van der Waals surface area contributed by atoms with Gasteiger partial charge in [0.15, 0.2) is 0 Å². The van der Waals surface area contributed by atoms with Crippen LogP contribution in [0.2, 0.25) is 0 Å². The molecule has 0 spiro atoms. The molecule has 20 heavy (non-hydrogen) atoms. The molecule has 0 atom stereocenters. The van der Waals surface area contributed by atoms with E-state index in [0.717, 1.165) is 55.1 Å². The Bertz CT molecular complexity index is 503. The first-order valence-corrected chi connectivity index (χ1v) is 7.66. The molecule has 0 saturated carbocycles. The first-order valence-electron chi connectivity index (χ1n) is 6.87. The van der Waals surface area contributed by atoms with Gasteiger partial charge in [-0.1, -0.05) is 15.9 Å². The fourth-order valence-electron chi connectivity index (χ4n) is 2.54. The highest BCUT2D eigenvalue weighted by Gasteiger charge is 2.24. The van der Waals surface area contributed by atoms with Crippen LogP contribution in [0.15, 0.2) is 22.7 Å². The number of nitrogens with one attached hydrogen (secondary N) is 1. The lowest BCUT2D eigenvalue weighted by atomic mass is 10.1. The van der Waals surface area contributed by atoms with Crippen molar-refractivity contribution in [3.63, 3.8) is 0 Å². The summed E-state index contributed by atoms with van der Waals surface area (Å²) in [5, 5.41) is 3.30. The lowest BCUT2D eigenvalue weighted by Gasteiger charge is -2.33. The average Bonchev–Trinajstić information content (AvgIpc) is 2.47. The predicted octanol–water partition coefficient (Wildman–Crippen LogP) is 1.61. The molecule has 0 aromatic heterocycles. The van der Waals surface area contributed by atoms with Crippen molar-refractivity contribution in [1.82, 2.24) is 9.80 Å². The summed E-state index contributed by atoms with van der Waals surface area (Å²) < 4.78 is 6.32. The predicted molar refractivity (Wildman–Crippen MR) is 80.9 cm³/mol. The lowest BCUT2D eigenvalue weighted by molar-refractivity contribution is 0.0327. The molecule has 108 valence electrons. The van der Waals surface area contributed by atoms with E-state index in [4.69, 9.17) is 4.74 Å². The van der Waals surface area contributed by atoms with Crippen LogP contribution in [0.25, 0.3) is 0 Å². The summed E-state index contributed by atoms with van der Waals surface area (Å²) in [5.41, 5.74) is 1.66. The smallest absolute Gasteiger partial charge is 0.257 e. The van der Waals surface area contributed by atoms with Crippen molar-refractivity contribution >= 4 is 27.5 Å². The molecule has 1 amide bonds. The lowest BCUT2D eigenvalue weighted by Crippen LogP contribution is -2.46. The van der Waals surface area contributed by atoms with Gasteiger partial charge in [0.1, 0.15) is 0 Å². The van der Waals surface area contributed by atoms with Gasteiger partial charge in [0.2, 0.25) is 0 Å². The molecule has 1 fully saturated rings. The van der Waals surface area contributed by atoms with Crippen molar-refractivity contribution in [2.75, 3.05) is 51.4 Å². The summed E-state index contributed by atoms with van der Waals surface area (Å²) in [4.78, 5) is 16.6. The summed E-state index contributed by atoms with van der Waals surface area (Å²) >= 11 is 3.42. The van der Waals surface area contributed by atoms with Crippen LogP contribution in [-0.4, -0.2) is 61.8 Å². The zero-order valence-electron chi connectivity index (χ0n) is 11.3. The third kappa shape index (κ3) is 2.97. The maximum Gasteiger partial charge on any atom is 0.257 e. The Kier molecular flexibility index (Phi) is 4.24. The van der Waals surface area contributed by atoms with Gasteiger partial charge in [-0.3, -0.25) is 9.69 Å². The SMILES string of the molecule is O=C1c2ccc(Br)cc2NCN1CCN1CCOCC1. The molecule has 5 nitrogen and oxygen atoms in total. The second-order valence-electron chi connectivity index (χ2n) is 5.05. The number of fused-ring (bicyclic) bond motifs is 1. The van der Waals surface area contributed by atoms with Gasteiger partial charge < -0.3 is 15.0 Å². The van der Waals surface area contributed by atoms with Gasteiger partial charge in [0, 0.05) is 36.3 Å². The number of carbonyl (C=O) groups excluding carboxylic acids is 1. The summed E-state index contributed by atoms with van der Waals surface area (Å²) in [6.07, 6.45) is 0. The quantitative estimate of drug-likeness (QED) is 0.908. The van der Waals surface area contributed by atoms with Gasteiger partial charge in [-0.05, 0) is 18.2 Å². The van der Waals surface area contributed by atoms with Gasteiger partial charge in [0.05, 0.1) is 25.4 Å². The molecule has 3 rings (SSSR count). The van der Waals surface area contributed by atoms with Crippen molar-refractivity contribution < 1.29 is 9.53 Å². The standard InChI is InChI=1S/C14H18BrN3O2/c15-11-1-2-12-13(9-11)16-10-18(14(12)19)4-3-17-5-7-20-8-6-17/h1-2,9,16H,3-8,10H2. The minimum Gasteiger partial charge on any atom is -0.379 e. The normalized spacial score (nSPS) is 19.6. The third-order valence-corrected chi connectivity index (χ3v) is 4.24. The van der Waals surface area contributed by atoms with Crippen LogP contribution in [0.5, 0.6) is 0 Å². The summed E-state index contributed by atoms with van der Waals surface area (Å²) in [6.45, 7) is 5.74. The van der Waals surface area contributed by atoms with E-state index in [1.165, 1.54) is 0 Å². The van der Waals surface area contributed by atoms with E-state index in [9.17, 15) is 4.79 Å². The van der Waals surface area contributed by atoms with E-state index in [2.05, 4.69) is 26.1 Å². The minimum absolute atomic E-state index is 0.111. The minimum atomic E-state index is 0.111. The number of amides is 1. The van der Waals surface area contributed by atoms with Crippen LogP contribution in [0.1, 0.15) is 10.4 Å². The van der Waals surface area contributed by atoms with Crippen LogP contribution in [-0.2, 0) is 4.74 Å².